The van der Waals surface area contributed by atoms with Gasteiger partial charge in [-0.3, -0.25) is 9.59 Å². The van der Waals surface area contributed by atoms with Crippen molar-refractivity contribution in [2.45, 2.75) is 92.4 Å². The lowest BCUT2D eigenvalue weighted by Crippen LogP contribution is -2.57. The van der Waals surface area contributed by atoms with Crippen LogP contribution in [0.1, 0.15) is 87.1 Å². The van der Waals surface area contributed by atoms with Gasteiger partial charge < -0.3 is 32.8 Å². The number of carbonyl (C=O) groups is 3. The predicted molar refractivity (Wildman–Crippen MR) is 178 cm³/mol. The number of carbonyl (C=O) groups excluding carboxylic acids is 3. The van der Waals surface area contributed by atoms with Gasteiger partial charge in [0.2, 0.25) is 0 Å². The highest BCUT2D eigenvalue weighted by Crippen LogP contribution is 2.28. The monoisotopic (exact) mass is 683 g/mol. The number of nitrogens with zero attached hydrogens (tertiary/aromatic N) is 5. The highest BCUT2D eigenvalue weighted by molar-refractivity contribution is 5.94. The molecule has 0 N–H and O–H groups in total. The number of unbranched alkanes of at least 4 members (excludes halogenated alkanes) is 1. The van der Waals surface area contributed by atoms with E-state index in [1.54, 1.807) is 37.5 Å². The number of aromatic nitrogens is 3. The fourth-order valence-electron chi connectivity index (χ4n) is 5.86. The maximum Gasteiger partial charge on any atom is 0.519 e. The summed E-state index contributed by atoms with van der Waals surface area (Å²) in [6, 6.07) is 7.20. The largest absolute Gasteiger partial charge is 0.519 e. The lowest BCUT2D eigenvalue weighted by Gasteiger charge is -2.42. The summed E-state index contributed by atoms with van der Waals surface area (Å²) in [6.07, 6.45) is 1.69. The first kappa shape index (κ1) is 37.4. The Morgan fingerprint density at radius 3 is 2.45 bits per heavy atom. The Hall–Kier alpha value is -4.46. The van der Waals surface area contributed by atoms with Crippen molar-refractivity contribution in [1.82, 2.24) is 24.8 Å². The third kappa shape index (κ3) is 9.80. The summed E-state index contributed by atoms with van der Waals surface area (Å²) in [5.74, 6) is -2.28. The van der Waals surface area contributed by atoms with Gasteiger partial charge in [0.25, 0.3) is 5.91 Å². The number of rotatable bonds is 13. The molecule has 14 heteroatoms. The van der Waals surface area contributed by atoms with Crippen molar-refractivity contribution in [2.75, 3.05) is 33.4 Å². The van der Waals surface area contributed by atoms with Crippen molar-refractivity contribution in [3.8, 4) is 5.69 Å². The molecule has 1 aliphatic heterocycles. The Kier molecular flexibility index (Phi) is 12.4. The third-order valence-corrected chi connectivity index (χ3v) is 8.18. The van der Waals surface area contributed by atoms with Gasteiger partial charge in [-0.1, -0.05) is 37.3 Å². The Labute approximate surface area is 286 Å². The Balaban J connectivity index is 1.68. The van der Waals surface area contributed by atoms with E-state index >= 15 is 0 Å². The smallest absolute Gasteiger partial charge is 0.457 e. The zero-order chi connectivity index (χ0) is 35.9. The topological polar surface area (TPSA) is 159 Å². The van der Waals surface area contributed by atoms with E-state index in [1.807, 2.05) is 45.0 Å². The van der Waals surface area contributed by atoms with E-state index in [0.29, 0.717) is 25.3 Å². The molecule has 2 atom stereocenters. The number of hydrogen-bond acceptors (Lipinski definition) is 11. The van der Waals surface area contributed by atoms with E-state index in [4.69, 9.17) is 23.0 Å². The van der Waals surface area contributed by atoms with Gasteiger partial charge in [-0.05, 0) is 77.8 Å². The van der Waals surface area contributed by atoms with Crippen molar-refractivity contribution in [1.29, 1.82) is 0 Å². The van der Waals surface area contributed by atoms with Crippen LogP contribution >= 0.6 is 0 Å². The summed E-state index contributed by atoms with van der Waals surface area (Å²) in [7, 11) is 1.65. The molecule has 14 nitrogen and oxygen atoms in total. The van der Waals surface area contributed by atoms with Crippen LogP contribution < -0.4 is 5.82 Å². The summed E-state index contributed by atoms with van der Waals surface area (Å²) >= 11 is 0. The van der Waals surface area contributed by atoms with Crippen LogP contribution in [0.2, 0.25) is 0 Å². The zero-order valence-electron chi connectivity index (χ0n) is 29.8. The van der Waals surface area contributed by atoms with E-state index in [-0.39, 0.29) is 55.2 Å². The number of methoxy groups -OCH3 is 1. The van der Waals surface area contributed by atoms with E-state index in [0.717, 1.165) is 24.1 Å². The lowest BCUT2D eigenvalue weighted by atomic mass is 9.92. The molecule has 268 valence electrons. The number of benzene rings is 1. The summed E-state index contributed by atoms with van der Waals surface area (Å²) in [5.41, 5.74) is 1.93. The molecule has 0 spiro atoms. The van der Waals surface area contributed by atoms with Gasteiger partial charge in [-0.2, -0.15) is 0 Å². The van der Waals surface area contributed by atoms with Crippen molar-refractivity contribution < 1.29 is 37.4 Å². The van der Waals surface area contributed by atoms with Gasteiger partial charge in [0.15, 0.2) is 23.8 Å². The normalized spacial score (nSPS) is 16.6. The maximum atomic E-state index is 14.6. The number of para-hydroxylation sites is 1. The van der Waals surface area contributed by atoms with Crippen molar-refractivity contribution in [2.24, 2.45) is 11.8 Å². The molecule has 49 heavy (non-hydrogen) atoms. The Morgan fingerprint density at radius 2 is 1.82 bits per heavy atom. The average molecular weight is 684 g/mol. The molecule has 0 aliphatic carbocycles. The van der Waals surface area contributed by atoms with Gasteiger partial charge in [0.05, 0.1) is 23.3 Å². The van der Waals surface area contributed by atoms with Crippen LogP contribution in [0.5, 0.6) is 0 Å². The van der Waals surface area contributed by atoms with E-state index in [9.17, 15) is 19.2 Å². The van der Waals surface area contributed by atoms with Crippen LogP contribution in [0.3, 0.4) is 0 Å². The second kappa shape index (κ2) is 16.3. The number of amides is 2. The molecule has 0 unspecified atom stereocenters. The standard InChI is InChI=1S/C35H49N5O9/c1-22(2)18-39(31(41)30-28(15-11-12-16-45-8)40(37-36-30)27-14-10-9-13-23(27)3)26-17-25(19-38(20-26)33(43)49-35(5,6)7)32(42)46-21-29-24(4)47-34(44)48-29/h9-10,13-14,22,25-26H,11-12,15-21H2,1-8H3/t25-,26+/m1/s1. The summed E-state index contributed by atoms with van der Waals surface area (Å²) in [5, 5.41) is 8.89. The first-order chi connectivity index (χ1) is 23.2. The van der Waals surface area contributed by atoms with Gasteiger partial charge in [0, 0.05) is 33.4 Å². The van der Waals surface area contributed by atoms with Gasteiger partial charge in [0.1, 0.15) is 5.60 Å². The summed E-state index contributed by atoms with van der Waals surface area (Å²) in [6.45, 7) is 13.6. The molecule has 0 radical (unpaired) electrons. The lowest BCUT2D eigenvalue weighted by molar-refractivity contribution is -0.153. The number of hydrogen-bond donors (Lipinski definition) is 0. The van der Waals surface area contributed by atoms with Gasteiger partial charge in [-0.15, -0.1) is 5.10 Å². The molecule has 4 rings (SSSR count). The maximum absolute atomic E-state index is 14.6. The van der Waals surface area contributed by atoms with Crippen molar-refractivity contribution >= 4 is 18.0 Å². The average Bonchev–Trinajstić information content (AvgIpc) is 3.60. The van der Waals surface area contributed by atoms with Crippen molar-refractivity contribution in [3.05, 3.63) is 63.4 Å². The van der Waals surface area contributed by atoms with Gasteiger partial charge >= 0.3 is 17.9 Å². The molecule has 1 fully saturated rings. The van der Waals surface area contributed by atoms with E-state index in [1.165, 1.54) is 11.8 Å². The van der Waals surface area contributed by atoms with Crippen LogP contribution in [0.15, 0.2) is 37.9 Å². The van der Waals surface area contributed by atoms with Crippen LogP contribution in [0.4, 0.5) is 4.79 Å². The van der Waals surface area contributed by atoms with Gasteiger partial charge in [-0.25, -0.2) is 14.3 Å². The molecule has 0 saturated carbocycles. The molecule has 3 heterocycles. The van der Waals surface area contributed by atoms with E-state index < -0.39 is 35.4 Å². The van der Waals surface area contributed by atoms with Crippen LogP contribution in [0.25, 0.3) is 5.69 Å². The highest BCUT2D eigenvalue weighted by atomic mass is 16.6. The molecule has 3 aromatic rings. The quantitative estimate of drug-likeness (QED) is 0.179. The zero-order valence-corrected chi connectivity index (χ0v) is 29.8. The first-order valence-electron chi connectivity index (χ1n) is 16.7. The van der Waals surface area contributed by atoms with Crippen LogP contribution in [0, 0.1) is 25.7 Å². The minimum Gasteiger partial charge on any atom is -0.457 e. The van der Waals surface area contributed by atoms with Crippen molar-refractivity contribution in [3.63, 3.8) is 0 Å². The molecule has 0 bridgehead atoms. The molecule has 1 aromatic carbocycles. The van der Waals surface area contributed by atoms with Crippen LogP contribution in [-0.4, -0.2) is 87.8 Å². The first-order valence-corrected chi connectivity index (χ1v) is 16.7. The van der Waals surface area contributed by atoms with E-state index in [2.05, 4.69) is 10.3 Å². The molecule has 1 aliphatic rings. The highest BCUT2D eigenvalue weighted by Gasteiger charge is 2.41. The number of piperidine rings is 1. The Bertz CT molecular complexity index is 1650. The molecular formula is C35H49N5O9. The minimum absolute atomic E-state index is 0.0243. The Morgan fingerprint density at radius 1 is 1.08 bits per heavy atom. The fourth-order valence-corrected chi connectivity index (χ4v) is 5.86. The predicted octanol–water partition coefficient (Wildman–Crippen LogP) is 4.87. The summed E-state index contributed by atoms with van der Waals surface area (Å²) < 4.78 is 28.1. The molecule has 2 aromatic heterocycles. The fraction of sp³-hybridized carbons (Fsp3) is 0.600. The SMILES string of the molecule is COCCCCc1c(C(=O)N(CC(C)C)[C@H]2C[C@@H](C(=O)OCc3oc(=O)oc3C)CN(C(=O)OC(C)(C)C)C2)nnn1-c1ccccc1C. The minimum atomic E-state index is -0.891. The van der Waals surface area contributed by atoms with Crippen LogP contribution in [-0.2, 0) is 32.0 Å². The number of aryl methyl sites for hydroxylation is 2. The second-order valence-corrected chi connectivity index (χ2v) is 13.9. The second-order valence-electron chi connectivity index (χ2n) is 13.9. The number of esters is 1. The third-order valence-electron chi connectivity index (χ3n) is 8.18. The summed E-state index contributed by atoms with van der Waals surface area (Å²) in [4.78, 5) is 56.2. The molecule has 2 amide bonds. The number of likely N-dealkylation sites (tertiary alicyclic amines) is 1. The number of ether oxygens (including phenoxy) is 3. The molecule has 1 saturated heterocycles. The molecular weight excluding hydrogens is 634 g/mol.